The van der Waals surface area contributed by atoms with Crippen molar-refractivity contribution >= 4 is 50.9 Å². The minimum Gasteiger partial charge on any atom is -0.444 e. The SMILES string of the molecule is O=C(Nc1ccnc(Sc2ccccn2)c1)c1cccc(NC(=O)c2ccc(Br)o2)c1. The van der Waals surface area contributed by atoms with Crippen LogP contribution in [-0.4, -0.2) is 21.8 Å². The molecule has 1 aromatic carbocycles. The van der Waals surface area contributed by atoms with Gasteiger partial charge in [0.1, 0.15) is 10.1 Å². The van der Waals surface area contributed by atoms with Crippen LogP contribution < -0.4 is 10.6 Å². The number of benzene rings is 1. The third-order valence-electron chi connectivity index (χ3n) is 4.02. The Bertz CT molecular complexity index is 1230. The van der Waals surface area contributed by atoms with Crippen LogP contribution in [0.1, 0.15) is 20.9 Å². The van der Waals surface area contributed by atoms with Crippen molar-refractivity contribution in [3.8, 4) is 0 Å². The van der Waals surface area contributed by atoms with E-state index in [9.17, 15) is 9.59 Å². The molecule has 31 heavy (non-hydrogen) atoms. The maximum absolute atomic E-state index is 12.7. The fourth-order valence-corrected chi connectivity index (χ4v) is 3.71. The minimum absolute atomic E-state index is 0.163. The summed E-state index contributed by atoms with van der Waals surface area (Å²) >= 11 is 4.56. The molecule has 3 heterocycles. The van der Waals surface area contributed by atoms with E-state index in [0.29, 0.717) is 26.6 Å². The molecule has 0 aliphatic rings. The van der Waals surface area contributed by atoms with Crippen LogP contribution in [0.4, 0.5) is 11.4 Å². The van der Waals surface area contributed by atoms with Crippen molar-refractivity contribution in [2.45, 2.75) is 10.1 Å². The molecule has 0 spiro atoms. The van der Waals surface area contributed by atoms with Gasteiger partial charge in [0, 0.05) is 29.3 Å². The fourth-order valence-electron chi connectivity index (χ4n) is 2.63. The van der Waals surface area contributed by atoms with Gasteiger partial charge >= 0.3 is 0 Å². The zero-order valence-electron chi connectivity index (χ0n) is 15.9. The van der Waals surface area contributed by atoms with E-state index in [0.717, 1.165) is 5.03 Å². The lowest BCUT2D eigenvalue weighted by molar-refractivity contribution is 0.0992. The second-order valence-electron chi connectivity index (χ2n) is 6.25. The van der Waals surface area contributed by atoms with Gasteiger partial charge in [0.2, 0.25) is 0 Å². The number of carbonyl (C=O) groups is 2. The molecule has 0 bridgehead atoms. The maximum atomic E-state index is 12.7. The predicted molar refractivity (Wildman–Crippen MR) is 121 cm³/mol. The van der Waals surface area contributed by atoms with E-state index in [1.165, 1.54) is 11.8 Å². The van der Waals surface area contributed by atoms with Gasteiger partial charge in [-0.05, 0) is 70.5 Å². The Balaban J connectivity index is 1.43. The largest absolute Gasteiger partial charge is 0.444 e. The number of nitrogens with one attached hydrogen (secondary N) is 2. The Morgan fingerprint density at radius 3 is 2.39 bits per heavy atom. The number of amides is 2. The van der Waals surface area contributed by atoms with Gasteiger partial charge in [-0.3, -0.25) is 9.59 Å². The highest BCUT2D eigenvalue weighted by Gasteiger charge is 2.13. The van der Waals surface area contributed by atoms with Crippen LogP contribution in [0.3, 0.4) is 0 Å². The highest BCUT2D eigenvalue weighted by atomic mass is 79.9. The lowest BCUT2D eigenvalue weighted by Gasteiger charge is -2.09. The lowest BCUT2D eigenvalue weighted by Crippen LogP contribution is -2.14. The monoisotopic (exact) mass is 494 g/mol. The van der Waals surface area contributed by atoms with Crippen LogP contribution in [0.25, 0.3) is 0 Å². The summed E-state index contributed by atoms with van der Waals surface area (Å²) in [5.41, 5.74) is 1.48. The van der Waals surface area contributed by atoms with Gasteiger partial charge in [-0.15, -0.1) is 0 Å². The molecule has 3 aromatic heterocycles. The highest BCUT2D eigenvalue weighted by molar-refractivity contribution is 9.10. The molecule has 2 amide bonds. The summed E-state index contributed by atoms with van der Waals surface area (Å²) in [4.78, 5) is 33.5. The summed E-state index contributed by atoms with van der Waals surface area (Å²) in [5.74, 6) is -0.554. The van der Waals surface area contributed by atoms with Crippen molar-refractivity contribution in [1.29, 1.82) is 0 Å². The van der Waals surface area contributed by atoms with Gasteiger partial charge < -0.3 is 15.1 Å². The van der Waals surface area contributed by atoms with E-state index in [1.807, 2.05) is 18.2 Å². The first-order chi connectivity index (χ1) is 15.1. The number of hydrogen-bond acceptors (Lipinski definition) is 6. The zero-order valence-corrected chi connectivity index (χ0v) is 18.3. The van der Waals surface area contributed by atoms with Crippen molar-refractivity contribution in [2.75, 3.05) is 10.6 Å². The van der Waals surface area contributed by atoms with Gasteiger partial charge in [0.05, 0.1) is 0 Å². The third-order valence-corrected chi connectivity index (χ3v) is 5.33. The number of hydrogen-bond donors (Lipinski definition) is 2. The van der Waals surface area contributed by atoms with E-state index in [2.05, 4.69) is 36.5 Å². The first-order valence-electron chi connectivity index (χ1n) is 9.10. The molecule has 0 radical (unpaired) electrons. The third kappa shape index (κ3) is 5.59. The fraction of sp³-hybridized carbons (Fsp3) is 0. The number of rotatable bonds is 6. The van der Waals surface area contributed by atoms with Crippen LogP contribution in [0.15, 0.2) is 98.3 Å². The molecule has 0 aliphatic carbocycles. The summed E-state index contributed by atoms with van der Waals surface area (Å²) in [6.45, 7) is 0. The summed E-state index contributed by atoms with van der Waals surface area (Å²) in [7, 11) is 0. The number of nitrogens with zero attached hydrogens (tertiary/aromatic N) is 2. The molecule has 0 fully saturated rings. The Kier molecular flexibility index (Phi) is 6.44. The molecule has 2 N–H and O–H groups in total. The normalized spacial score (nSPS) is 10.5. The Labute approximate surface area is 190 Å². The molecular formula is C22H15BrN4O3S. The Hall–Kier alpha value is -3.43. The van der Waals surface area contributed by atoms with E-state index in [-0.39, 0.29) is 11.7 Å². The van der Waals surface area contributed by atoms with Gasteiger partial charge in [-0.1, -0.05) is 23.9 Å². The van der Waals surface area contributed by atoms with Crippen LogP contribution in [0, 0.1) is 0 Å². The summed E-state index contributed by atoms with van der Waals surface area (Å²) in [6, 6.07) is 19.0. The van der Waals surface area contributed by atoms with Crippen LogP contribution in [-0.2, 0) is 0 Å². The standard InChI is InChI=1S/C22H15BrN4O3S/c23-18-8-7-17(30-18)22(29)27-15-5-3-4-14(12-15)21(28)26-16-9-11-25-20(13-16)31-19-6-1-2-10-24-19/h1-13H,(H,27,29)(H,25,26,28). The van der Waals surface area contributed by atoms with Gasteiger partial charge in [0.15, 0.2) is 10.4 Å². The highest BCUT2D eigenvalue weighted by Crippen LogP contribution is 2.26. The number of aromatic nitrogens is 2. The van der Waals surface area contributed by atoms with Crippen molar-refractivity contribution in [3.63, 3.8) is 0 Å². The topological polar surface area (TPSA) is 97.1 Å². The smallest absolute Gasteiger partial charge is 0.291 e. The van der Waals surface area contributed by atoms with Crippen molar-refractivity contribution in [3.05, 3.63) is 95.1 Å². The number of halogens is 1. The molecule has 4 aromatic rings. The molecule has 0 atom stereocenters. The van der Waals surface area contributed by atoms with Crippen LogP contribution >= 0.6 is 27.7 Å². The first kappa shape index (κ1) is 20.8. The van der Waals surface area contributed by atoms with E-state index in [1.54, 1.807) is 60.9 Å². The first-order valence-corrected chi connectivity index (χ1v) is 10.7. The van der Waals surface area contributed by atoms with Gasteiger partial charge in [0.25, 0.3) is 11.8 Å². The summed E-state index contributed by atoms with van der Waals surface area (Å²) in [6.07, 6.45) is 3.34. The minimum atomic E-state index is -0.409. The molecule has 0 aliphatic heterocycles. The van der Waals surface area contributed by atoms with Crippen molar-refractivity contribution in [1.82, 2.24) is 9.97 Å². The second kappa shape index (κ2) is 9.59. The predicted octanol–water partition coefficient (Wildman–Crippen LogP) is 5.49. The van der Waals surface area contributed by atoms with Gasteiger partial charge in [-0.25, -0.2) is 9.97 Å². The Morgan fingerprint density at radius 1 is 0.806 bits per heavy atom. The quantitative estimate of drug-likeness (QED) is 0.367. The summed E-state index contributed by atoms with van der Waals surface area (Å²) < 4.78 is 5.70. The van der Waals surface area contributed by atoms with E-state index in [4.69, 9.17) is 4.42 Å². The van der Waals surface area contributed by atoms with Crippen LogP contribution in [0.2, 0.25) is 0 Å². The van der Waals surface area contributed by atoms with Crippen molar-refractivity contribution < 1.29 is 14.0 Å². The molecule has 9 heteroatoms. The van der Waals surface area contributed by atoms with Gasteiger partial charge in [-0.2, -0.15) is 0 Å². The average Bonchev–Trinajstić information content (AvgIpc) is 3.21. The number of furan rings is 1. The second-order valence-corrected chi connectivity index (χ2v) is 8.07. The molecular weight excluding hydrogens is 480 g/mol. The molecule has 0 saturated heterocycles. The van der Waals surface area contributed by atoms with E-state index >= 15 is 0 Å². The molecule has 4 rings (SSSR count). The molecule has 0 saturated carbocycles. The summed E-state index contributed by atoms with van der Waals surface area (Å²) in [5, 5.41) is 7.08. The lowest BCUT2D eigenvalue weighted by atomic mass is 10.2. The van der Waals surface area contributed by atoms with E-state index < -0.39 is 5.91 Å². The molecule has 0 unspecified atom stereocenters. The zero-order chi connectivity index (χ0) is 21.6. The number of pyridine rings is 2. The number of anilines is 2. The van der Waals surface area contributed by atoms with Crippen molar-refractivity contribution in [2.24, 2.45) is 0 Å². The average molecular weight is 495 g/mol. The number of carbonyl (C=O) groups excluding carboxylic acids is 2. The molecule has 154 valence electrons. The molecule has 7 nitrogen and oxygen atoms in total. The Morgan fingerprint density at radius 2 is 1.61 bits per heavy atom. The maximum Gasteiger partial charge on any atom is 0.291 e. The van der Waals surface area contributed by atoms with Crippen LogP contribution in [0.5, 0.6) is 0 Å².